The highest BCUT2D eigenvalue weighted by molar-refractivity contribution is 5.96. The summed E-state index contributed by atoms with van der Waals surface area (Å²) in [6, 6.07) is 71.6. The van der Waals surface area contributed by atoms with Crippen molar-refractivity contribution in [2.24, 2.45) is 0 Å². The number of fused-ring (bicyclic) bond motifs is 3. The highest BCUT2D eigenvalue weighted by Crippen LogP contribution is 2.59. The highest BCUT2D eigenvalue weighted by atomic mass is 15.0. The third kappa shape index (κ3) is 5.82. The van der Waals surface area contributed by atoms with Gasteiger partial charge >= 0.3 is 0 Å². The van der Waals surface area contributed by atoms with Crippen molar-refractivity contribution in [3.05, 3.63) is 240 Å². The molecule has 0 N–H and O–H groups in total. The van der Waals surface area contributed by atoms with Crippen LogP contribution in [0.25, 0.3) is 72.4 Å². The monoisotopic (exact) mass is 726 g/mol. The van der Waals surface area contributed by atoms with Gasteiger partial charge in [-0.2, -0.15) is 0 Å². The Bertz CT molecular complexity index is 2900. The summed E-state index contributed by atoms with van der Waals surface area (Å²) >= 11 is 0. The van der Waals surface area contributed by atoms with E-state index < -0.39 is 5.41 Å². The van der Waals surface area contributed by atoms with Crippen molar-refractivity contribution in [3.8, 4) is 67.5 Å². The summed E-state index contributed by atoms with van der Waals surface area (Å²) in [5, 5.41) is 0. The van der Waals surface area contributed by atoms with Crippen LogP contribution >= 0.6 is 0 Å². The van der Waals surface area contributed by atoms with E-state index in [0.29, 0.717) is 23.2 Å². The second-order valence-electron chi connectivity index (χ2n) is 14.2. The van der Waals surface area contributed by atoms with Gasteiger partial charge < -0.3 is 0 Å². The maximum Gasteiger partial charge on any atom is 0.187 e. The Morgan fingerprint density at radius 1 is 0.351 bits per heavy atom. The zero-order valence-electron chi connectivity index (χ0n) is 30.9. The van der Waals surface area contributed by atoms with Crippen molar-refractivity contribution < 1.29 is 0 Å². The molecule has 10 rings (SSSR count). The minimum Gasteiger partial charge on any atom is -0.238 e. The second kappa shape index (κ2) is 14.2. The number of hydrogen-bond donors (Lipinski definition) is 0. The molecule has 57 heavy (non-hydrogen) atoms. The predicted octanol–water partition coefficient (Wildman–Crippen LogP) is 13.1. The predicted molar refractivity (Wildman–Crippen MR) is 231 cm³/mol. The van der Waals surface area contributed by atoms with Crippen molar-refractivity contribution in [1.29, 1.82) is 0 Å². The molecule has 1 aromatic heterocycles. The Hall–Kier alpha value is -7.74. The first-order chi connectivity index (χ1) is 28.2. The van der Waals surface area contributed by atoms with Gasteiger partial charge in [0.1, 0.15) is 0 Å². The molecule has 0 fully saturated rings. The summed E-state index contributed by atoms with van der Waals surface area (Å²) in [4.78, 5) is 19.1. The van der Waals surface area contributed by atoms with Gasteiger partial charge in [0.2, 0.25) is 0 Å². The number of nitrogens with zero attached hydrogens (tertiary/aromatic N) is 4. The molecule has 4 nitrogen and oxygen atoms in total. The Kier molecular flexibility index (Phi) is 8.39. The lowest BCUT2D eigenvalue weighted by molar-refractivity contribution is 0.769. The van der Waals surface area contributed by atoms with Crippen LogP contribution in [-0.4, -0.2) is 15.0 Å². The first kappa shape index (κ1) is 33.8. The Morgan fingerprint density at radius 2 is 0.825 bits per heavy atom. The van der Waals surface area contributed by atoms with Crippen LogP contribution in [0.5, 0.6) is 0 Å². The number of hydrogen-bond acceptors (Lipinski definition) is 3. The molecule has 1 aliphatic rings. The molecular weight excluding hydrogens is 693 g/mol. The van der Waals surface area contributed by atoms with E-state index in [0.717, 1.165) is 66.8 Å². The fourth-order valence-corrected chi connectivity index (χ4v) is 8.45. The van der Waals surface area contributed by atoms with E-state index in [2.05, 4.69) is 169 Å². The highest BCUT2D eigenvalue weighted by Gasteiger charge is 2.46. The lowest BCUT2D eigenvalue weighted by Gasteiger charge is -2.34. The lowest BCUT2D eigenvalue weighted by atomic mass is 9.67. The van der Waals surface area contributed by atoms with Gasteiger partial charge in [-0.05, 0) is 61.7 Å². The summed E-state index contributed by atoms with van der Waals surface area (Å²) in [6.45, 7) is 7.98. The van der Waals surface area contributed by atoms with E-state index in [1.165, 1.54) is 5.56 Å². The van der Waals surface area contributed by atoms with Crippen LogP contribution in [0.15, 0.2) is 206 Å². The molecule has 0 saturated heterocycles. The van der Waals surface area contributed by atoms with Gasteiger partial charge in [0.15, 0.2) is 23.2 Å². The fraction of sp³-hybridized carbons (Fsp3) is 0.0189. The second-order valence-corrected chi connectivity index (χ2v) is 14.2. The molecule has 1 aliphatic carbocycles. The average Bonchev–Trinajstić information content (AvgIpc) is 3.60. The quantitative estimate of drug-likeness (QED) is 0.154. The Balaban J connectivity index is 1.15. The normalized spacial score (nSPS) is 12.3. The molecule has 266 valence electrons. The first-order valence-corrected chi connectivity index (χ1v) is 19.1. The number of rotatable bonds is 7. The van der Waals surface area contributed by atoms with Gasteiger partial charge in [-0.25, -0.2) is 19.8 Å². The summed E-state index contributed by atoms with van der Waals surface area (Å²) in [5.41, 5.74) is 14.1. The molecule has 0 spiro atoms. The Labute approximate surface area is 332 Å². The van der Waals surface area contributed by atoms with Crippen molar-refractivity contribution in [2.45, 2.75) is 5.41 Å². The van der Waals surface area contributed by atoms with Crippen LogP contribution in [0.1, 0.15) is 22.3 Å². The molecule has 0 saturated carbocycles. The van der Waals surface area contributed by atoms with Crippen molar-refractivity contribution >= 4 is 5.69 Å². The van der Waals surface area contributed by atoms with Crippen molar-refractivity contribution in [3.63, 3.8) is 0 Å². The van der Waals surface area contributed by atoms with Gasteiger partial charge in [0.05, 0.1) is 12.0 Å². The SMILES string of the molecule is [C-]#[N+]c1ccc2c(c1)C(c1ccccc1)(c1ccccc1)c1cccc(-c3cccc(-c4nc(-c5ccccc5)nc(-c5ccc(-c6ccccc6)cc5)n4)c3)c1-2. The van der Waals surface area contributed by atoms with Gasteiger partial charge in [-0.15, -0.1) is 0 Å². The molecule has 8 aromatic carbocycles. The molecule has 0 bridgehead atoms. The van der Waals surface area contributed by atoms with Gasteiger partial charge in [-0.3, -0.25) is 0 Å². The van der Waals surface area contributed by atoms with Crippen molar-refractivity contribution in [1.82, 2.24) is 15.0 Å². The van der Waals surface area contributed by atoms with E-state index in [4.69, 9.17) is 21.5 Å². The molecule has 0 radical (unpaired) electrons. The number of aromatic nitrogens is 3. The van der Waals surface area contributed by atoms with E-state index in [9.17, 15) is 0 Å². The minimum atomic E-state index is -0.620. The standard InChI is InChI=1S/C53H34N4/c1-54-44-32-33-46-48(35-44)53(42-22-10-4-11-23-42,43-24-12-5-13-25-43)47-27-15-26-45(49(46)47)40-20-14-21-41(34-40)52-56-50(38-18-8-3-9-19-38)55-51(57-52)39-30-28-37(29-31-39)36-16-6-2-7-17-36/h2-35H. The molecule has 4 heteroatoms. The van der Waals surface area contributed by atoms with Gasteiger partial charge in [0.25, 0.3) is 0 Å². The summed E-state index contributed by atoms with van der Waals surface area (Å²) in [6.07, 6.45) is 0. The first-order valence-electron chi connectivity index (χ1n) is 19.1. The van der Waals surface area contributed by atoms with Gasteiger partial charge in [0, 0.05) is 16.7 Å². The molecular formula is C53H34N4. The van der Waals surface area contributed by atoms with E-state index >= 15 is 0 Å². The molecule has 0 aliphatic heterocycles. The van der Waals surface area contributed by atoms with Gasteiger partial charge in [-0.1, -0.05) is 200 Å². The van der Waals surface area contributed by atoms with Crippen LogP contribution in [0.4, 0.5) is 5.69 Å². The fourth-order valence-electron chi connectivity index (χ4n) is 8.45. The molecule has 1 heterocycles. The van der Waals surface area contributed by atoms with Crippen LogP contribution < -0.4 is 0 Å². The Morgan fingerprint density at radius 3 is 1.44 bits per heavy atom. The van der Waals surface area contributed by atoms with E-state index in [1.807, 2.05) is 42.5 Å². The smallest absolute Gasteiger partial charge is 0.187 e. The summed E-state index contributed by atoms with van der Waals surface area (Å²) in [5.74, 6) is 1.84. The molecule has 0 atom stereocenters. The molecule has 9 aromatic rings. The average molecular weight is 727 g/mol. The zero-order chi connectivity index (χ0) is 38.2. The number of benzene rings is 8. The van der Waals surface area contributed by atoms with E-state index in [1.54, 1.807) is 0 Å². The minimum absolute atomic E-state index is 0.602. The third-order valence-electron chi connectivity index (χ3n) is 11.0. The van der Waals surface area contributed by atoms with Crippen molar-refractivity contribution in [2.75, 3.05) is 0 Å². The lowest BCUT2D eigenvalue weighted by Crippen LogP contribution is -2.28. The maximum atomic E-state index is 7.98. The molecule has 0 amide bonds. The van der Waals surface area contributed by atoms with Crippen LogP contribution in [0.2, 0.25) is 0 Å². The third-order valence-corrected chi connectivity index (χ3v) is 11.0. The largest absolute Gasteiger partial charge is 0.238 e. The van der Waals surface area contributed by atoms with Crippen LogP contribution in [-0.2, 0) is 5.41 Å². The van der Waals surface area contributed by atoms with E-state index in [-0.39, 0.29) is 0 Å². The maximum absolute atomic E-state index is 7.98. The zero-order valence-corrected chi connectivity index (χ0v) is 30.9. The topological polar surface area (TPSA) is 43.0 Å². The summed E-state index contributed by atoms with van der Waals surface area (Å²) < 4.78 is 0. The van der Waals surface area contributed by atoms with Crippen LogP contribution in [0, 0.1) is 6.57 Å². The van der Waals surface area contributed by atoms with Crippen LogP contribution in [0.3, 0.4) is 0 Å². The molecule has 0 unspecified atom stereocenters. The summed E-state index contributed by atoms with van der Waals surface area (Å²) in [7, 11) is 0.